The number of rotatable bonds is 14. The average Bonchev–Trinajstić information content (AvgIpc) is 3.12. The first-order chi connectivity index (χ1) is 27.8. The largest absolute Gasteiger partial charge is 0.493 e. The number of esters is 4. The predicted molar refractivity (Wildman–Crippen MR) is 214 cm³/mol. The minimum absolute atomic E-state index is 0.00529. The summed E-state index contributed by atoms with van der Waals surface area (Å²) in [5.41, 5.74) is -6.03. The number of nitrogens with one attached hydrogen (secondary N) is 1. The number of ether oxygens (including phenoxy) is 7. The number of methoxy groups -OCH3 is 1. The molecule has 0 unspecified atom stereocenters. The molecule has 4 rings (SSSR count). The summed E-state index contributed by atoms with van der Waals surface area (Å²) >= 11 is 0. The molecule has 0 aromatic heterocycles. The highest BCUT2D eigenvalue weighted by atomic mass is 16.6. The molecule has 2 aliphatic carbocycles. The second-order valence-electron chi connectivity index (χ2n) is 17.8. The molecule has 332 valence electrons. The molecule has 0 radical (unpaired) electrons. The van der Waals surface area contributed by atoms with Crippen LogP contribution in [-0.4, -0.2) is 114 Å². The van der Waals surface area contributed by atoms with Gasteiger partial charge in [-0.05, 0) is 70.2 Å². The van der Waals surface area contributed by atoms with Crippen LogP contribution in [0.1, 0.15) is 106 Å². The quantitative estimate of drug-likeness (QED) is 0.171. The molecule has 1 saturated heterocycles. The summed E-state index contributed by atoms with van der Waals surface area (Å²) in [5, 5.41) is 27.5. The maximum atomic E-state index is 14.9. The fourth-order valence-electron chi connectivity index (χ4n) is 8.69. The number of benzene rings is 1. The first-order valence-electron chi connectivity index (χ1n) is 20.1. The number of alkyl carbamates (subject to hydrolysis) is 1. The highest BCUT2D eigenvalue weighted by molar-refractivity contribution is 6.09. The highest BCUT2D eigenvalue weighted by Gasteiger charge is 2.70. The van der Waals surface area contributed by atoms with Crippen LogP contribution in [0.4, 0.5) is 4.79 Å². The Bertz CT molecular complexity index is 1880. The molecule has 16 heteroatoms. The van der Waals surface area contributed by atoms with Crippen molar-refractivity contribution >= 4 is 35.8 Å². The second kappa shape index (κ2) is 18.4. The van der Waals surface area contributed by atoms with E-state index >= 15 is 0 Å². The van der Waals surface area contributed by atoms with Gasteiger partial charge in [0.15, 0.2) is 17.5 Å². The molecule has 2 bridgehead atoms. The Labute approximate surface area is 351 Å². The van der Waals surface area contributed by atoms with Crippen molar-refractivity contribution in [2.45, 2.75) is 143 Å². The number of hydrogen-bond acceptors (Lipinski definition) is 15. The molecule has 1 amide bonds. The van der Waals surface area contributed by atoms with Gasteiger partial charge in [-0.2, -0.15) is 0 Å². The van der Waals surface area contributed by atoms with Gasteiger partial charge < -0.3 is 48.7 Å². The van der Waals surface area contributed by atoms with E-state index in [-0.39, 0.29) is 60.0 Å². The summed E-state index contributed by atoms with van der Waals surface area (Å²) in [6.45, 7) is 16.9. The summed E-state index contributed by atoms with van der Waals surface area (Å²) in [4.78, 5) is 80.7. The Balaban J connectivity index is 1.94. The van der Waals surface area contributed by atoms with Crippen LogP contribution in [0.25, 0.3) is 0 Å². The van der Waals surface area contributed by atoms with E-state index in [4.69, 9.17) is 33.2 Å². The van der Waals surface area contributed by atoms with Gasteiger partial charge in [0.25, 0.3) is 0 Å². The van der Waals surface area contributed by atoms with Crippen molar-refractivity contribution in [2.75, 3.05) is 20.3 Å². The fourth-order valence-corrected chi connectivity index (χ4v) is 8.69. The molecule has 60 heavy (non-hydrogen) atoms. The fraction of sp³-hybridized carbons (Fsp3) is 0.636. The lowest BCUT2D eigenvalue weighted by molar-refractivity contribution is -0.295. The number of ketones is 1. The van der Waals surface area contributed by atoms with Crippen molar-refractivity contribution in [2.24, 2.45) is 17.3 Å². The minimum Gasteiger partial charge on any atom is -0.493 e. The SMILES string of the molecule is CO/C1=C(\C)[C@@H]([C@]2(OC(C)=O)CO[C@@H]2CCOC(C)=O)[C@H](OC(=O)c2ccccc2)[C@]2(O)C[C@H](OC(=O)[C@H](O)[C@H](CC(C)C)NC(=O)OC(C)(C)C)C(C)=C(C1=O)C2(C)C. The number of carbonyl (C=O) groups is 6. The molecular formula is C44H61NO15. The number of aliphatic hydroxyl groups excluding tert-OH is 1. The molecule has 0 spiro atoms. The number of carbonyl (C=O) groups excluding carboxylic acids is 6. The van der Waals surface area contributed by atoms with E-state index < -0.39 is 101 Å². The third-order valence-electron chi connectivity index (χ3n) is 11.5. The minimum atomic E-state index is -2.31. The van der Waals surface area contributed by atoms with Crippen LogP contribution in [0.2, 0.25) is 0 Å². The number of allylic oxidation sites excluding steroid dienone is 1. The van der Waals surface area contributed by atoms with Crippen LogP contribution in [0.3, 0.4) is 0 Å². The topological polar surface area (TPSA) is 220 Å². The lowest BCUT2D eigenvalue weighted by Crippen LogP contribution is -2.73. The molecule has 1 fully saturated rings. The molecule has 3 aliphatic rings. The maximum Gasteiger partial charge on any atom is 0.407 e. The van der Waals surface area contributed by atoms with Crippen molar-refractivity contribution in [1.29, 1.82) is 0 Å². The van der Waals surface area contributed by atoms with Crippen molar-refractivity contribution in [3.63, 3.8) is 0 Å². The zero-order chi connectivity index (χ0) is 45.1. The maximum absolute atomic E-state index is 14.9. The van der Waals surface area contributed by atoms with Gasteiger partial charge in [-0.1, -0.05) is 45.9 Å². The van der Waals surface area contributed by atoms with E-state index in [0.717, 1.165) is 0 Å². The summed E-state index contributed by atoms with van der Waals surface area (Å²) in [6.07, 6.45) is -7.22. The number of amides is 1. The molecule has 1 aromatic carbocycles. The van der Waals surface area contributed by atoms with Crippen molar-refractivity contribution in [3.05, 3.63) is 58.4 Å². The van der Waals surface area contributed by atoms with Gasteiger partial charge in [0.2, 0.25) is 5.78 Å². The summed E-state index contributed by atoms with van der Waals surface area (Å²) < 4.78 is 40.9. The smallest absolute Gasteiger partial charge is 0.407 e. The van der Waals surface area contributed by atoms with E-state index in [2.05, 4.69) is 5.32 Å². The lowest BCUT2D eigenvalue weighted by Gasteiger charge is -2.60. The molecule has 1 aromatic rings. The molecule has 1 aliphatic heterocycles. The summed E-state index contributed by atoms with van der Waals surface area (Å²) in [6, 6.07) is 6.82. The van der Waals surface area contributed by atoms with Crippen LogP contribution in [0, 0.1) is 17.3 Å². The van der Waals surface area contributed by atoms with E-state index in [9.17, 15) is 39.0 Å². The first-order valence-corrected chi connectivity index (χ1v) is 20.1. The van der Waals surface area contributed by atoms with Gasteiger partial charge in [-0.25, -0.2) is 14.4 Å². The molecular weight excluding hydrogens is 782 g/mol. The molecule has 8 atom stereocenters. The van der Waals surface area contributed by atoms with Crippen LogP contribution in [0.15, 0.2) is 52.8 Å². The van der Waals surface area contributed by atoms with Crippen LogP contribution in [0.5, 0.6) is 0 Å². The Morgan fingerprint density at radius 3 is 2.13 bits per heavy atom. The zero-order valence-corrected chi connectivity index (χ0v) is 36.7. The van der Waals surface area contributed by atoms with Crippen molar-refractivity contribution < 1.29 is 72.1 Å². The normalized spacial score (nSPS) is 28.6. The Kier molecular flexibility index (Phi) is 14.7. The van der Waals surface area contributed by atoms with Gasteiger partial charge in [0.1, 0.15) is 29.5 Å². The third-order valence-corrected chi connectivity index (χ3v) is 11.5. The van der Waals surface area contributed by atoms with E-state index in [1.54, 1.807) is 66.7 Å². The van der Waals surface area contributed by atoms with Gasteiger partial charge in [0.05, 0.1) is 37.8 Å². The van der Waals surface area contributed by atoms with Crippen molar-refractivity contribution in [1.82, 2.24) is 5.32 Å². The van der Waals surface area contributed by atoms with Crippen molar-refractivity contribution in [3.8, 4) is 0 Å². The lowest BCUT2D eigenvalue weighted by atomic mass is 9.53. The first kappa shape index (κ1) is 47.9. The van der Waals surface area contributed by atoms with Gasteiger partial charge in [-0.3, -0.25) is 14.4 Å². The van der Waals surface area contributed by atoms with E-state index in [1.165, 1.54) is 33.1 Å². The average molecular weight is 844 g/mol. The monoisotopic (exact) mass is 843 g/mol. The summed E-state index contributed by atoms with van der Waals surface area (Å²) in [7, 11) is 1.27. The number of hydrogen-bond donors (Lipinski definition) is 3. The van der Waals surface area contributed by atoms with Gasteiger partial charge >= 0.3 is 30.0 Å². The third kappa shape index (κ3) is 9.87. The summed E-state index contributed by atoms with van der Waals surface area (Å²) in [5.74, 6) is -5.72. The predicted octanol–water partition coefficient (Wildman–Crippen LogP) is 4.67. The molecule has 16 nitrogen and oxygen atoms in total. The molecule has 0 saturated carbocycles. The van der Waals surface area contributed by atoms with E-state index in [1.807, 2.05) is 13.8 Å². The van der Waals surface area contributed by atoms with Crippen LogP contribution < -0.4 is 5.32 Å². The van der Waals surface area contributed by atoms with E-state index in [0.29, 0.717) is 0 Å². The number of aliphatic hydroxyl groups is 2. The van der Waals surface area contributed by atoms with Crippen LogP contribution >= 0.6 is 0 Å². The highest BCUT2D eigenvalue weighted by Crippen LogP contribution is 2.58. The zero-order valence-electron chi connectivity index (χ0n) is 36.7. The van der Waals surface area contributed by atoms with Crippen LogP contribution in [-0.2, 0) is 52.3 Å². The Morgan fingerprint density at radius 2 is 1.62 bits per heavy atom. The number of fused-ring (bicyclic) bond motifs is 2. The second-order valence-corrected chi connectivity index (χ2v) is 17.8. The molecule has 3 N–H and O–H groups in total. The Hall–Kier alpha value is -4.80. The standard InChI is InChI=1S/C44H61NO15/c1-23(2)20-29(45-40(52)60-41(7,8)9)34(48)39(51)57-30-21-44(53)37(58-38(50)28-16-14-13-15-17-28)33(25(4)36(54-12)35(49)32(24(30)3)42(44,10)11)43(59-27(6)47)22-56-31(43)18-19-55-26(5)46/h13-17,23,29-31,33-34,37,48,53H,18-22H2,1-12H3,(H,45,52)/b36-25+/t29-,30-,31+,33+,34+,37-,43-,44+/m0/s1. The van der Waals surface area contributed by atoms with Gasteiger partial charge in [0, 0.05) is 37.7 Å². The Morgan fingerprint density at radius 1 is 0.983 bits per heavy atom. The number of Topliss-reactive ketones (excluding diaryl/α,β-unsaturated/α-hetero) is 1. The molecule has 1 heterocycles. The van der Waals surface area contributed by atoms with Gasteiger partial charge in [-0.15, -0.1) is 0 Å².